The van der Waals surface area contributed by atoms with Crippen molar-refractivity contribution in [2.24, 2.45) is 11.8 Å². The van der Waals surface area contributed by atoms with Crippen LogP contribution in [0.5, 0.6) is 0 Å². The van der Waals surface area contributed by atoms with Gasteiger partial charge < -0.3 is 10.6 Å². The lowest BCUT2D eigenvalue weighted by atomic mass is 9.90. The van der Waals surface area contributed by atoms with Crippen molar-refractivity contribution < 1.29 is 9.59 Å². The van der Waals surface area contributed by atoms with Crippen LogP contribution < -0.4 is 10.6 Å². The molecule has 0 aromatic carbocycles. The van der Waals surface area contributed by atoms with Crippen LogP contribution in [0.15, 0.2) is 24.8 Å². The first-order valence-corrected chi connectivity index (χ1v) is 10.3. The Bertz CT molecular complexity index is 420. The molecule has 0 aromatic heterocycles. The SMILES string of the molecule is C=C(C)CC(=O)C1CCNCC1.C=CCCC(=O)C1CCNCC1.CC. The second-order valence-corrected chi connectivity index (χ2v) is 6.94. The van der Waals surface area contributed by atoms with Gasteiger partial charge in [-0.05, 0) is 65.2 Å². The van der Waals surface area contributed by atoms with E-state index < -0.39 is 0 Å². The molecule has 0 saturated carbocycles. The molecule has 2 N–H and O–H groups in total. The van der Waals surface area contributed by atoms with E-state index in [1.54, 1.807) is 0 Å². The van der Waals surface area contributed by atoms with Crippen LogP contribution in [0.1, 0.15) is 65.7 Å². The molecule has 0 amide bonds. The van der Waals surface area contributed by atoms with Gasteiger partial charge in [-0.3, -0.25) is 9.59 Å². The summed E-state index contributed by atoms with van der Waals surface area (Å²) in [5.41, 5.74) is 0.985. The highest BCUT2D eigenvalue weighted by Gasteiger charge is 2.20. The molecular weight excluding hydrogens is 324 g/mol. The predicted molar refractivity (Wildman–Crippen MR) is 111 cm³/mol. The van der Waals surface area contributed by atoms with Gasteiger partial charge in [0.25, 0.3) is 0 Å². The summed E-state index contributed by atoms with van der Waals surface area (Å²) in [6.07, 6.45) is 7.98. The molecule has 4 heteroatoms. The number of Topliss-reactive ketones (excluding diaryl/α,β-unsaturated/α-hetero) is 2. The predicted octanol–water partition coefficient (Wildman–Crippen LogP) is 4.07. The molecule has 2 rings (SSSR count). The highest BCUT2D eigenvalue weighted by Crippen LogP contribution is 2.16. The molecule has 0 aromatic rings. The van der Waals surface area contributed by atoms with Crippen molar-refractivity contribution in [1.82, 2.24) is 10.6 Å². The van der Waals surface area contributed by atoms with E-state index in [4.69, 9.17) is 0 Å². The first-order valence-electron chi connectivity index (χ1n) is 10.3. The maximum Gasteiger partial charge on any atom is 0.140 e. The smallest absolute Gasteiger partial charge is 0.140 e. The standard InChI is InChI=1S/2C10H17NO.C2H6/c1-8(2)7-10(12)9-3-5-11-6-4-9;1-2-3-4-10(12)9-5-7-11-8-6-9;1-2/h9,11H,1,3-7H2,2H3;2,9,11H,1,3-8H2;1-2H3. The zero-order valence-electron chi connectivity index (χ0n) is 17.2. The second kappa shape index (κ2) is 16.0. The van der Waals surface area contributed by atoms with Gasteiger partial charge in [0.2, 0.25) is 0 Å². The number of piperidine rings is 2. The molecule has 2 saturated heterocycles. The third-order valence-corrected chi connectivity index (χ3v) is 4.66. The zero-order chi connectivity index (χ0) is 19.8. The topological polar surface area (TPSA) is 58.2 Å². The lowest BCUT2D eigenvalue weighted by Gasteiger charge is -2.21. The maximum absolute atomic E-state index is 11.5. The summed E-state index contributed by atoms with van der Waals surface area (Å²) in [7, 11) is 0. The van der Waals surface area contributed by atoms with Crippen LogP contribution >= 0.6 is 0 Å². The highest BCUT2D eigenvalue weighted by molar-refractivity contribution is 5.83. The summed E-state index contributed by atoms with van der Waals surface area (Å²) >= 11 is 0. The van der Waals surface area contributed by atoms with Gasteiger partial charge in [-0.1, -0.05) is 32.1 Å². The minimum atomic E-state index is 0.294. The van der Waals surface area contributed by atoms with Crippen LogP contribution in [0.25, 0.3) is 0 Å². The Labute approximate surface area is 160 Å². The molecule has 0 bridgehead atoms. The largest absolute Gasteiger partial charge is 0.317 e. The van der Waals surface area contributed by atoms with E-state index >= 15 is 0 Å². The first-order chi connectivity index (χ1) is 12.5. The Balaban J connectivity index is 0.000000439. The summed E-state index contributed by atoms with van der Waals surface area (Å²) in [6.45, 7) is 17.3. The van der Waals surface area contributed by atoms with Crippen LogP contribution in [0.4, 0.5) is 0 Å². The van der Waals surface area contributed by atoms with Crippen molar-refractivity contribution >= 4 is 11.6 Å². The van der Waals surface area contributed by atoms with E-state index in [0.717, 1.165) is 63.9 Å². The number of rotatable bonds is 7. The molecule has 0 aliphatic carbocycles. The van der Waals surface area contributed by atoms with Crippen molar-refractivity contribution in [2.75, 3.05) is 26.2 Å². The Morgan fingerprint density at radius 1 is 0.923 bits per heavy atom. The number of allylic oxidation sites excluding steroid dienone is 2. The second-order valence-electron chi connectivity index (χ2n) is 6.94. The van der Waals surface area contributed by atoms with Gasteiger partial charge in [-0.15, -0.1) is 6.58 Å². The van der Waals surface area contributed by atoms with Gasteiger partial charge in [0.1, 0.15) is 11.6 Å². The Morgan fingerprint density at radius 2 is 1.35 bits per heavy atom. The minimum absolute atomic E-state index is 0.294. The average Bonchev–Trinajstić information content (AvgIpc) is 2.69. The highest BCUT2D eigenvalue weighted by atomic mass is 16.1. The minimum Gasteiger partial charge on any atom is -0.317 e. The van der Waals surface area contributed by atoms with Crippen LogP contribution in [0, 0.1) is 11.8 Å². The summed E-state index contributed by atoms with van der Waals surface area (Å²) in [4.78, 5) is 23.0. The fourth-order valence-electron chi connectivity index (χ4n) is 3.18. The van der Waals surface area contributed by atoms with Crippen molar-refractivity contribution in [3.63, 3.8) is 0 Å². The van der Waals surface area contributed by atoms with Crippen molar-refractivity contribution in [2.45, 2.75) is 65.7 Å². The van der Waals surface area contributed by atoms with Gasteiger partial charge in [-0.2, -0.15) is 0 Å². The molecule has 0 unspecified atom stereocenters. The lowest BCUT2D eigenvalue weighted by molar-refractivity contribution is -0.124. The first kappa shape index (κ1) is 24.7. The third kappa shape index (κ3) is 11.4. The van der Waals surface area contributed by atoms with Gasteiger partial charge >= 0.3 is 0 Å². The maximum atomic E-state index is 11.5. The average molecular weight is 365 g/mol. The molecule has 0 radical (unpaired) electrons. The van der Waals surface area contributed by atoms with Crippen molar-refractivity contribution in [1.29, 1.82) is 0 Å². The van der Waals surface area contributed by atoms with Crippen LogP contribution in [-0.2, 0) is 9.59 Å². The quantitative estimate of drug-likeness (QED) is 0.669. The molecule has 2 aliphatic heterocycles. The van der Waals surface area contributed by atoms with Crippen LogP contribution in [-0.4, -0.2) is 37.7 Å². The molecule has 2 fully saturated rings. The Hall–Kier alpha value is -1.26. The summed E-state index contributed by atoms with van der Waals surface area (Å²) in [6, 6.07) is 0. The van der Waals surface area contributed by atoms with Crippen molar-refractivity contribution in [3.8, 4) is 0 Å². The number of carbonyl (C=O) groups is 2. The molecule has 4 nitrogen and oxygen atoms in total. The molecule has 0 spiro atoms. The summed E-state index contributed by atoms with van der Waals surface area (Å²) < 4.78 is 0. The normalized spacial score (nSPS) is 17.8. The zero-order valence-corrected chi connectivity index (χ0v) is 17.2. The van der Waals surface area contributed by atoms with E-state index in [1.165, 1.54) is 0 Å². The summed E-state index contributed by atoms with van der Waals surface area (Å²) in [5, 5.41) is 6.50. The Kier molecular flexibility index (Phi) is 15.2. The molecule has 2 heterocycles. The van der Waals surface area contributed by atoms with E-state index in [1.807, 2.05) is 26.8 Å². The molecule has 150 valence electrons. The monoisotopic (exact) mass is 364 g/mol. The van der Waals surface area contributed by atoms with Gasteiger partial charge in [-0.25, -0.2) is 0 Å². The molecule has 26 heavy (non-hydrogen) atoms. The van der Waals surface area contributed by atoms with E-state index in [2.05, 4.69) is 23.8 Å². The number of carbonyl (C=O) groups excluding carboxylic acids is 2. The number of nitrogens with one attached hydrogen (secondary N) is 2. The number of hydrogen-bond donors (Lipinski definition) is 2. The fraction of sp³-hybridized carbons (Fsp3) is 0.727. The van der Waals surface area contributed by atoms with Gasteiger partial charge in [0.05, 0.1) is 0 Å². The van der Waals surface area contributed by atoms with Crippen LogP contribution in [0.3, 0.4) is 0 Å². The molecular formula is C22H40N2O2. The molecule has 2 aliphatic rings. The van der Waals surface area contributed by atoms with E-state index in [9.17, 15) is 9.59 Å². The van der Waals surface area contributed by atoms with E-state index in [-0.39, 0.29) is 0 Å². The van der Waals surface area contributed by atoms with Crippen molar-refractivity contribution in [3.05, 3.63) is 24.8 Å². The lowest BCUT2D eigenvalue weighted by Crippen LogP contribution is -2.31. The Morgan fingerprint density at radius 3 is 1.73 bits per heavy atom. The number of hydrogen-bond acceptors (Lipinski definition) is 4. The van der Waals surface area contributed by atoms with E-state index in [0.29, 0.717) is 36.2 Å². The number of ketones is 2. The fourth-order valence-corrected chi connectivity index (χ4v) is 3.18. The molecule has 0 atom stereocenters. The van der Waals surface area contributed by atoms with Crippen LogP contribution in [0.2, 0.25) is 0 Å². The van der Waals surface area contributed by atoms with Gasteiger partial charge in [0, 0.05) is 24.7 Å². The summed E-state index contributed by atoms with van der Waals surface area (Å²) in [5.74, 6) is 1.43. The van der Waals surface area contributed by atoms with Gasteiger partial charge in [0.15, 0.2) is 0 Å². The third-order valence-electron chi connectivity index (χ3n) is 4.66.